The highest BCUT2D eigenvalue weighted by Crippen LogP contribution is 2.11. The molecule has 10 heavy (non-hydrogen) atoms. The van der Waals surface area contributed by atoms with E-state index in [0.29, 0.717) is 6.04 Å². The van der Waals surface area contributed by atoms with E-state index in [2.05, 4.69) is 19.2 Å². The Balaban J connectivity index is 3.46. The highest BCUT2D eigenvalue weighted by Gasteiger charge is 2.15. The number of aliphatic hydroxyl groups is 1. The monoisotopic (exact) mass is 145 g/mol. The van der Waals surface area contributed by atoms with Crippen LogP contribution in [-0.4, -0.2) is 24.3 Å². The molecular weight excluding hydrogens is 126 g/mol. The lowest BCUT2D eigenvalue weighted by atomic mass is 9.95. The Morgan fingerprint density at radius 2 is 1.90 bits per heavy atom. The molecule has 0 spiro atoms. The van der Waals surface area contributed by atoms with Crippen molar-refractivity contribution >= 4 is 0 Å². The van der Waals surface area contributed by atoms with Crippen LogP contribution in [0.4, 0.5) is 0 Å². The minimum absolute atomic E-state index is 0.0181. The number of nitrogens with one attached hydrogen (secondary N) is 1. The van der Waals surface area contributed by atoms with Crippen LogP contribution in [-0.2, 0) is 0 Å². The SMILES string of the molecule is CC(C)NCC(C)(C)CO. The number of hydrogen-bond donors (Lipinski definition) is 2. The Labute approximate surface area is 63.6 Å². The molecule has 0 amide bonds. The second-order valence-corrected chi connectivity index (χ2v) is 3.86. The smallest absolute Gasteiger partial charge is 0.0494 e. The van der Waals surface area contributed by atoms with Crippen molar-refractivity contribution in [3.8, 4) is 0 Å². The molecule has 0 aromatic rings. The largest absolute Gasteiger partial charge is 0.396 e. The van der Waals surface area contributed by atoms with Crippen molar-refractivity contribution in [3.63, 3.8) is 0 Å². The molecule has 0 rings (SSSR count). The summed E-state index contributed by atoms with van der Waals surface area (Å²) in [5.74, 6) is 0. The first-order chi connectivity index (χ1) is 4.48. The van der Waals surface area contributed by atoms with Gasteiger partial charge in [-0.1, -0.05) is 27.7 Å². The molecule has 2 N–H and O–H groups in total. The highest BCUT2D eigenvalue weighted by molar-refractivity contribution is 4.70. The zero-order valence-corrected chi connectivity index (χ0v) is 7.44. The second-order valence-electron chi connectivity index (χ2n) is 3.86. The van der Waals surface area contributed by atoms with E-state index in [9.17, 15) is 0 Å². The van der Waals surface area contributed by atoms with E-state index >= 15 is 0 Å². The van der Waals surface area contributed by atoms with Gasteiger partial charge < -0.3 is 10.4 Å². The van der Waals surface area contributed by atoms with Crippen LogP contribution in [0.5, 0.6) is 0 Å². The topological polar surface area (TPSA) is 32.3 Å². The summed E-state index contributed by atoms with van der Waals surface area (Å²) in [6, 6.07) is 0.505. The molecular formula is C8H19NO. The molecule has 0 aromatic carbocycles. The summed E-state index contributed by atoms with van der Waals surface area (Å²) in [4.78, 5) is 0. The third-order valence-corrected chi connectivity index (χ3v) is 1.42. The van der Waals surface area contributed by atoms with Crippen molar-refractivity contribution in [1.82, 2.24) is 5.32 Å². The first-order valence-electron chi connectivity index (χ1n) is 3.82. The standard InChI is InChI=1S/C8H19NO/c1-7(2)9-5-8(3,4)6-10/h7,9-10H,5-6H2,1-4H3. The number of aliphatic hydroxyl groups excluding tert-OH is 1. The first-order valence-corrected chi connectivity index (χ1v) is 3.82. The lowest BCUT2D eigenvalue weighted by Gasteiger charge is -2.23. The molecule has 0 saturated carbocycles. The lowest BCUT2D eigenvalue weighted by molar-refractivity contribution is 0.154. The summed E-state index contributed by atoms with van der Waals surface area (Å²) in [6.07, 6.45) is 0. The minimum atomic E-state index is 0.0181. The van der Waals surface area contributed by atoms with Crippen molar-refractivity contribution in [2.45, 2.75) is 33.7 Å². The fraction of sp³-hybridized carbons (Fsp3) is 1.00. The molecule has 0 aliphatic heterocycles. The molecule has 62 valence electrons. The van der Waals surface area contributed by atoms with Gasteiger partial charge in [0, 0.05) is 24.6 Å². The van der Waals surface area contributed by atoms with Crippen LogP contribution in [0.1, 0.15) is 27.7 Å². The molecule has 0 atom stereocenters. The summed E-state index contributed by atoms with van der Waals surface area (Å²) in [5, 5.41) is 12.1. The quantitative estimate of drug-likeness (QED) is 0.618. The minimum Gasteiger partial charge on any atom is -0.396 e. The predicted molar refractivity (Wildman–Crippen MR) is 44.0 cm³/mol. The third-order valence-electron chi connectivity index (χ3n) is 1.42. The molecule has 0 heterocycles. The van der Waals surface area contributed by atoms with Crippen LogP contribution in [0.15, 0.2) is 0 Å². The van der Waals surface area contributed by atoms with Crippen molar-refractivity contribution in [1.29, 1.82) is 0 Å². The van der Waals surface area contributed by atoms with Gasteiger partial charge in [-0.05, 0) is 0 Å². The maximum Gasteiger partial charge on any atom is 0.0494 e. The molecule has 0 bridgehead atoms. The van der Waals surface area contributed by atoms with Gasteiger partial charge >= 0.3 is 0 Å². The first kappa shape index (κ1) is 9.92. The Morgan fingerprint density at radius 3 is 2.20 bits per heavy atom. The average molecular weight is 145 g/mol. The summed E-state index contributed by atoms with van der Waals surface area (Å²) in [6.45, 7) is 9.42. The molecule has 0 unspecified atom stereocenters. The summed E-state index contributed by atoms with van der Waals surface area (Å²) < 4.78 is 0. The van der Waals surface area contributed by atoms with Gasteiger partial charge in [-0.3, -0.25) is 0 Å². The van der Waals surface area contributed by atoms with Gasteiger partial charge in [-0.2, -0.15) is 0 Å². The fourth-order valence-corrected chi connectivity index (χ4v) is 0.536. The molecule has 0 saturated heterocycles. The van der Waals surface area contributed by atoms with Crippen LogP contribution in [0.25, 0.3) is 0 Å². The Bertz CT molecular complexity index is 89.3. The van der Waals surface area contributed by atoms with Crippen LogP contribution in [0.2, 0.25) is 0 Å². The van der Waals surface area contributed by atoms with E-state index in [-0.39, 0.29) is 12.0 Å². The van der Waals surface area contributed by atoms with Crippen LogP contribution < -0.4 is 5.32 Å². The number of hydrogen-bond acceptors (Lipinski definition) is 2. The molecule has 0 fully saturated rings. The average Bonchev–Trinajstić information content (AvgIpc) is 1.85. The summed E-state index contributed by atoms with van der Waals surface area (Å²) in [5.41, 5.74) is 0.0181. The van der Waals surface area contributed by atoms with Gasteiger partial charge in [0.05, 0.1) is 0 Å². The summed E-state index contributed by atoms with van der Waals surface area (Å²) in [7, 11) is 0. The highest BCUT2D eigenvalue weighted by atomic mass is 16.3. The van der Waals surface area contributed by atoms with E-state index < -0.39 is 0 Å². The molecule has 0 aliphatic rings. The van der Waals surface area contributed by atoms with E-state index in [0.717, 1.165) is 6.54 Å². The van der Waals surface area contributed by atoms with Gasteiger partial charge in [0.2, 0.25) is 0 Å². The molecule has 0 aromatic heterocycles. The van der Waals surface area contributed by atoms with Crippen molar-refractivity contribution < 1.29 is 5.11 Å². The van der Waals surface area contributed by atoms with Crippen molar-refractivity contribution in [2.75, 3.05) is 13.2 Å². The molecule has 0 aliphatic carbocycles. The second kappa shape index (κ2) is 3.94. The molecule has 2 nitrogen and oxygen atoms in total. The Hall–Kier alpha value is -0.0800. The van der Waals surface area contributed by atoms with Crippen LogP contribution in [0.3, 0.4) is 0 Å². The third kappa shape index (κ3) is 4.77. The number of rotatable bonds is 4. The molecule has 2 heteroatoms. The van der Waals surface area contributed by atoms with Gasteiger partial charge in [0.15, 0.2) is 0 Å². The zero-order valence-electron chi connectivity index (χ0n) is 7.44. The lowest BCUT2D eigenvalue weighted by Crippen LogP contribution is -2.35. The van der Waals surface area contributed by atoms with Gasteiger partial charge in [-0.25, -0.2) is 0 Å². The maximum absolute atomic E-state index is 8.87. The van der Waals surface area contributed by atoms with Gasteiger partial charge in [0.25, 0.3) is 0 Å². The van der Waals surface area contributed by atoms with Crippen molar-refractivity contribution in [2.24, 2.45) is 5.41 Å². The van der Waals surface area contributed by atoms with E-state index in [1.54, 1.807) is 0 Å². The van der Waals surface area contributed by atoms with Crippen LogP contribution in [0, 0.1) is 5.41 Å². The van der Waals surface area contributed by atoms with E-state index in [4.69, 9.17) is 5.11 Å². The van der Waals surface area contributed by atoms with E-state index in [1.165, 1.54) is 0 Å². The molecule has 0 radical (unpaired) electrons. The predicted octanol–water partition coefficient (Wildman–Crippen LogP) is 1.00. The Morgan fingerprint density at radius 1 is 1.40 bits per heavy atom. The maximum atomic E-state index is 8.87. The van der Waals surface area contributed by atoms with Gasteiger partial charge in [-0.15, -0.1) is 0 Å². The fourth-order valence-electron chi connectivity index (χ4n) is 0.536. The van der Waals surface area contributed by atoms with Gasteiger partial charge in [0.1, 0.15) is 0 Å². The normalized spacial score (nSPS) is 12.6. The zero-order chi connectivity index (χ0) is 8.20. The van der Waals surface area contributed by atoms with Crippen molar-refractivity contribution in [3.05, 3.63) is 0 Å². The summed E-state index contributed by atoms with van der Waals surface area (Å²) >= 11 is 0. The van der Waals surface area contributed by atoms with Crippen LogP contribution >= 0.6 is 0 Å². The van der Waals surface area contributed by atoms with E-state index in [1.807, 2.05) is 13.8 Å². The Kier molecular flexibility index (Phi) is 3.91.